The van der Waals surface area contributed by atoms with Gasteiger partial charge in [0.25, 0.3) is 11.6 Å². The van der Waals surface area contributed by atoms with Gasteiger partial charge in [0, 0.05) is 24.0 Å². The molecule has 0 bridgehead atoms. The van der Waals surface area contributed by atoms with E-state index in [1.54, 1.807) is 23.7 Å². The van der Waals surface area contributed by atoms with E-state index in [9.17, 15) is 4.79 Å². The summed E-state index contributed by atoms with van der Waals surface area (Å²) in [5.74, 6) is 1.28. The Morgan fingerprint density at radius 2 is 1.94 bits per heavy atom. The summed E-state index contributed by atoms with van der Waals surface area (Å²) in [6, 6.07) is 15.2. The van der Waals surface area contributed by atoms with Gasteiger partial charge in [-0.25, -0.2) is 5.43 Å². The van der Waals surface area contributed by atoms with Crippen LogP contribution in [-0.2, 0) is 29.2 Å². The average Bonchev–Trinajstić information content (AvgIpc) is 2.81. The molecule has 2 aromatic rings. The van der Waals surface area contributed by atoms with Gasteiger partial charge in [-0.2, -0.15) is 5.10 Å². The topological polar surface area (TPSA) is 59.9 Å². The zero-order valence-electron chi connectivity index (χ0n) is 20.2. The number of unbranched alkanes of at least 4 members (excludes halogenated alkanes) is 1. The van der Waals surface area contributed by atoms with Crippen LogP contribution < -0.4 is 9.95 Å². The third-order valence-corrected chi connectivity index (χ3v) is 10.1. The van der Waals surface area contributed by atoms with Gasteiger partial charge in [0.1, 0.15) is 5.75 Å². The van der Waals surface area contributed by atoms with Crippen molar-refractivity contribution in [2.45, 2.75) is 59.0 Å². The van der Waals surface area contributed by atoms with Crippen LogP contribution >= 0.6 is 17.1 Å². The summed E-state index contributed by atoms with van der Waals surface area (Å²) in [5, 5.41) is 4.09. The second-order valence-corrected chi connectivity index (χ2v) is 14.3. The van der Waals surface area contributed by atoms with Gasteiger partial charge in [0.05, 0.1) is 6.10 Å². The maximum Gasteiger partial charge on any atom is 0.297 e. The highest BCUT2D eigenvalue weighted by molar-refractivity contribution is 8.68. The first kappa shape index (κ1) is 28.3. The summed E-state index contributed by atoms with van der Waals surface area (Å²) in [6.45, 7) is 10.0. The van der Waals surface area contributed by atoms with E-state index in [-0.39, 0.29) is 12.0 Å². The van der Waals surface area contributed by atoms with Gasteiger partial charge in [-0.1, -0.05) is 68.4 Å². The minimum atomic E-state index is -2.49. The average molecular weight is 519 g/mol. The minimum absolute atomic E-state index is 0.0706. The fourth-order valence-corrected chi connectivity index (χ4v) is 8.21. The third kappa shape index (κ3) is 10.1. The van der Waals surface area contributed by atoms with Gasteiger partial charge in [-0.3, -0.25) is 4.79 Å². The Morgan fingerprint density at radius 1 is 1.21 bits per heavy atom. The second-order valence-electron chi connectivity index (χ2n) is 7.81. The van der Waals surface area contributed by atoms with E-state index in [1.807, 2.05) is 48.5 Å². The van der Waals surface area contributed by atoms with Gasteiger partial charge < -0.3 is 9.05 Å². The number of allylic oxidation sites excluding steroid dienone is 1. The Kier molecular flexibility index (Phi) is 12.6. The van der Waals surface area contributed by atoms with Crippen LogP contribution in [0.4, 0.5) is 0 Å². The number of hydrogen-bond acceptors (Lipinski definition) is 6. The number of amides is 1. The van der Waals surface area contributed by atoms with E-state index in [2.05, 4.69) is 37.9 Å². The molecule has 1 amide bonds. The number of hydrazone groups is 1. The van der Waals surface area contributed by atoms with Crippen molar-refractivity contribution >= 4 is 41.0 Å². The highest BCUT2D eigenvalue weighted by atomic mass is 32.9. The molecular formula is C26H35N2O3PS2. The Hall–Kier alpha value is -1.92. The Bertz CT molecular complexity index is 1010. The lowest BCUT2D eigenvalue weighted by molar-refractivity contribution is 0.0955. The number of carbonyl (C=O) groups is 1. The summed E-state index contributed by atoms with van der Waals surface area (Å²) in [4.78, 5) is 12.3. The summed E-state index contributed by atoms with van der Waals surface area (Å²) in [5.41, 5.74) is 2.70. The molecule has 8 heteroatoms. The van der Waals surface area contributed by atoms with E-state index >= 15 is 0 Å². The fraction of sp³-hybridized carbons (Fsp3) is 0.385. The summed E-state index contributed by atoms with van der Waals surface area (Å²) >= 11 is 7.38. The highest BCUT2D eigenvalue weighted by Crippen LogP contribution is 2.61. The van der Waals surface area contributed by atoms with Crippen LogP contribution in [0.5, 0.6) is 5.75 Å². The van der Waals surface area contributed by atoms with Crippen LogP contribution in [0.1, 0.15) is 61.5 Å². The molecule has 0 aromatic heterocycles. The normalized spacial score (nSPS) is 13.9. The lowest BCUT2D eigenvalue weighted by Gasteiger charge is -2.25. The zero-order chi connectivity index (χ0) is 24.8. The van der Waals surface area contributed by atoms with Crippen LogP contribution in [0.25, 0.3) is 0 Å². The van der Waals surface area contributed by atoms with Crippen molar-refractivity contribution in [3.63, 3.8) is 0 Å². The Balaban J connectivity index is 1.95. The van der Waals surface area contributed by atoms with Gasteiger partial charge in [0.15, 0.2) is 0 Å². The molecule has 0 saturated carbocycles. The molecule has 0 radical (unpaired) electrons. The Labute approximate surface area is 213 Å². The quantitative estimate of drug-likeness (QED) is 0.116. The predicted octanol–water partition coefficient (Wildman–Crippen LogP) is 7.33. The van der Waals surface area contributed by atoms with Crippen molar-refractivity contribution in [2.24, 2.45) is 5.10 Å². The standard InChI is InChI=1S/C26H35N2O3PS2/c1-5-8-12-21(4)30-32(33,34-7-3)31-25-16-10-14-23(20-25)17-18-27-28-26(29)24-15-9-13-22(19-24)11-6-2/h6,9-10,13-16,18-21H,2,5,7-8,11-12,17H2,1,3-4H3,(H,28,29). The minimum Gasteiger partial charge on any atom is -0.436 e. The van der Waals surface area contributed by atoms with Crippen molar-refractivity contribution in [3.8, 4) is 5.75 Å². The highest BCUT2D eigenvalue weighted by Gasteiger charge is 2.24. The van der Waals surface area contributed by atoms with E-state index < -0.39 is 5.69 Å². The number of nitrogens with zero attached hydrogens (tertiary/aromatic N) is 1. The Morgan fingerprint density at radius 3 is 2.65 bits per heavy atom. The maximum absolute atomic E-state index is 12.3. The number of hydrogen-bond donors (Lipinski definition) is 1. The molecule has 2 rings (SSSR count). The molecule has 0 aliphatic rings. The molecule has 0 aliphatic heterocycles. The number of rotatable bonds is 15. The third-order valence-electron chi connectivity index (χ3n) is 4.83. The summed E-state index contributed by atoms with van der Waals surface area (Å²) in [6.07, 6.45) is 8.03. The van der Waals surface area contributed by atoms with Crippen molar-refractivity contribution in [1.82, 2.24) is 5.43 Å². The van der Waals surface area contributed by atoms with E-state index in [0.717, 1.165) is 42.6 Å². The lowest BCUT2D eigenvalue weighted by Crippen LogP contribution is -2.17. The second kappa shape index (κ2) is 15.2. The molecule has 1 N–H and O–H groups in total. The van der Waals surface area contributed by atoms with E-state index in [0.29, 0.717) is 17.7 Å². The molecule has 0 fully saturated rings. The predicted molar refractivity (Wildman–Crippen MR) is 150 cm³/mol. The zero-order valence-corrected chi connectivity index (χ0v) is 22.8. The van der Waals surface area contributed by atoms with Gasteiger partial charge in [0.2, 0.25) is 0 Å². The number of carbonyl (C=O) groups excluding carboxylic acids is 1. The molecule has 34 heavy (non-hydrogen) atoms. The van der Waals surface area contributed by atoms with E-state index in [1.165, 1.54) is 0 Å². The SMILES string of the molecule is C=CCc1cccc(C(=O)NN=CCc2cccc(OP(=S)(OC(C)CCCC)SCC)c2)c1. The largest absolute Gasteiger partial charge is 0.436 e. The van der Waals surface area contributed by atoms with Crippen LogP contribution in [0, 0.1) is 0 Å². The molecule has 5 nitrogen and oxygen atoms in total. The molecule has 0 aliphatic carbocycles. The molecule has 2 unspecified atom stereocenters. The molecule has 2 aromatic carbocycles. The van der Waals surface area contributed by atoms with Gasteiger partial charge in [-0.15, -0.1) is 6.58 Å². The van der Waals surface area contributed by atoms with Crippen molar-refractivity contribution in [2.75, 3.05) is 5.75 Å². The van der Waals surface area contributed by atoms with E-state index in [4.69, 9.17) is 20.9 Å². The van der Waals surface area contributed by atoms with Crippen molar-refractivity contribution in [1.29, 1.82) is 0 Å². The fourth-order valence-electron chi connectivity index (χ4n) is 3.19. The van der Waals surface area contributed by atoms with Gasteiger partial charge >= 0.3 is 0 Å². The lowest BCUT2D eigenvalue weighted by atomic mass is 10.1. The number of nitrogens with one attached hydrogen (secondary N) is 1. The molecule has 0 heterocycles. The molecule has 0 spiro atoms. The molecular weight excluding hydrogens is 483 g/mol. The number of benzene rings is 2. The van der Waals surface area contributed by atoms with Crippen LogP contribution in [0.15, 0.2) is 66.3 Å². The maximum atomic E-state index is 12.3. The van der Waals surface area contributed by atoms with Crippen molar-refractivity contribution in [3.05, 3.63) is 77.9 Å². The van der Waals surface area contributed by atoms with Crippen molar-refractivity contribution < 1.29 is 13.8 Å². The molecule has 2 atom stereocenters. The summed E-state index contributed by atoms with van der Waals surface area (Å²) in [7, 11) is 0. The smallest absolute Gasteiger partial charge is 0.297 e. The van der Waals surface area contributed by atoms with Crippen LogP contribution in [0.3, 0.4) is 0 Å². The van der Waals surface area contributed by atoms with Crippen LogP contribution in [-0.4, -0.2) is 24.0 Å². The first-order valence-electron chi connectivity index (χ1n) is 11.6. The molecule has 0 saturated heterocycles. The molecule has 184 valence electrons. The monoisotopic (exact) mass is 518 g/mol. The summed E-state index contributed by atoms with van der Waals surface area (Å²) < 4.78 is 12.4. The first-order valence-corrected chi connectivity index (χ1v) is 15.8. The first-order chi connectivity index (χ1) is 16.4. The van der Waals surface area contributed by atoms with Gasteiger partial charge in [-0.05, 0) is 67.0 Å². The van der Waals surface area contributed by atoms with Crippen LogP contribution in [0.2, 0.25) is 0 Å².